The number of nitrogens with one attached hydrogen (secondary N) is 2. The Kier molecular flexibility index (Phi) is 37.6. The molecular weight excluding hydrogens is 1570 g/mol. The van der Waals surface area contributed by atoms with Crippen LogP contribution in [0.1, 0.15) is 6.92 Å². The van der Waals surface area contributed by atoms with Crippen molar-refractivity contribution in [2.24, 2.45) is 0 Å². The Hall–Kier alpha value is -0.0900. The number of carbonyl (C=O) groups is 1. The van der Waals surface area contributed by atoms with Crippen LogP contribution >= 0.6 is 85.8 Å². The maximum Gasteiger partial charge on any atom is 0.397 e. The quantitative estimate of drug-likeness (QED) is 0.00712. The summed E-state index contributed by atoms with van der Waals surface area (Å²) in [5, 5.41) is 97.9. The van der Waals surface area contributed by atoms with Gasteiger partial charge in [0.1, 0.15) is 104 Å². The Morgan fingerprint density at radius 1 is 0.413 bits per heavy atom. The molecule has 68 heteroatoms. The molecule has 4 rings (SSSR count). The molecule has 4 fully saturated rings. The number of hydrogen-bond acceptors (Lipinski definition) is 57. The van der Waals surface area contributed by atoms with Crippen LogP contribution in [0.4, 0.5) is 0 Å². The topological polar surface area (TPSA) is 752 Å². The molecule has 4 saturated heterocycles. The summed E-state index contributed by atoms with van der Waals surface area (Å²) < 4.78 is 291. The standard InChI is InChI=1S/C24H42N2O54S12/c1-4-9(64-90(42,43)44)16(65-91(45,46)47)19(24(53-4)81-74-67-29)59-22-7(25-82-75-68-30)12(61-85-78-71-33)10(5(54-22)2-51-88(36,37)38)56-23-18(66-92(48,49)50)15(63-87-80-73-35)14(17(58-23)20(27)28)57-21-8(26-83-76-69-31)13(62-86-79-72-34)11(60-84-77-70-32)6(55-21)3-52-89(39,40)41/h4-19,21-26,29-35H,2-3H2,1H3,(H,27,28)(H,36,37,38)(H,39,40,41)(H,42,43,44)(H,45,46,47)(H,48,49,50)/t4-,5?,6?,7?,8?,9?,10-,11-,12-,13-,14+,15-,16?,17?,18?,19-,21-,22-,23-,24+/m1/s1. The zero-order chi connectivity index (χ0) is 68.6. The molecule has 92 heavy (non-hydrogen) atoms. The van der Waals surface area contributed by atoms with E-state index in [4.69, 9.17) is 90.9 Å². The second-order valence-electron chi connectivity index (χ2n) is 15.8. The van der Waals surface area contributed by atoms with E-state index < -0.39 is 218 Å². The normalized spacial score (nSPS) is 32.8. The van der Waals surface area contributed by atoms with Gasteiger partial charge in [-0.05, 0) is 6.92 Å². The van der Waals surface area contributed by atoms with Gasteiger partial charge in [0, 0.05) is 0 Å². The minimum Gasteiger partial charge on any atom is -0.479 e. The number of ether oxygens (including phenoxy) is 7. The molecule has 0 amide bonds. The zero-order valence-corrected chi connectivity index (χ0v) is 52.7. The summed E-state index contributed by atoms with van der Waals surface area (Å²) >= 11 is -2.52. The summed E-state index contributed by atoms with van der Waals surface area (Å²) in [4.78, 5) is 13.5. The maximum absolute atomic E-state index is 13.5. The highest BCUT2D eigenvalue weighted by atomic mass is 32.3. The van der Waals surface area contributed by atoms with Crippen molar-refractivity contribution in [3.05, 3.63) is 0 Å². The lowest BCUT2D eigenvalue weighted by atomic mass is 9.95. The number of hydrogen-bond donors (Lipinski definition) is 15. The van der Waals surface area contributed by atoms with Crippen molar-refractivity contribution in [1.29, 1.82) is 0 Å². The number of carboxylic acid groups (broad SMARTS) is 1. The highest BCUT2D eigenvalue weighted by molar-refractivity contribution is 7.95. The van der Waals surface area contributed by atoms with E-state index in [0.29, 0.717) is 0 Å². The lowest BCUT2D eigenvalue weighted by Gasteiger charge is -2.50. The minimum atomic E-state index is -6.17. The lowest BCUT2D eigenvalue weighted by Crippen LogP contribution is -2.70. The van der Waals surface area contributed by atoms with Crippen LogP contribution < -0.4 is 9.44 Å². The maximum atomic E-state index is 13.5. The molecule has 0 radical (unpaired) electrons. The van der Waals surface area contributed by atoms with Crippen molar-refractivity contribution in [3.63, 3.8) is 0 Å². The fourth-order valence-corrected chi connectivity index (χ4v) is 12.9. The van der Waals surface area contributed by atoms with Crippen LogP contribution in [0, 0.1) is 0 Å². The van der Waals surface area contributed by atoms with Gasteiger partial charge in [-0.1, -0.05) is 35.3 Å². The van der Waals surface area contributed by atoms with Crippen molar-refractivity contribution in [1.82, 2.24) is 9.44 Å². The molecule has 20 atom stereocenters. The molecule has 0 bridgehead atoms. The van der Waals surface area contributed by atoms with E-state index in [-0.39, 0.29) is 61.1 Å². The molecule has 0 aliphatic carbocycles. The first-order valence-electron chi connectivity index (χ1n) is 21.9. The van der Waals surface area contributed by atoms with E-state index in [1.807, 2.05) is 0 Å². The van der Waals surface area contributed by atoms with Crippen LogP contribution in [-0.2, 0) is 193 Å². The van der Waals surface area contributed by atoms with E-state index in [2.05, 4.69) is 91.8 Å². The Balaban J connectivity index is 2.02. The number of rotatable bonds is 46. The van der Waals surface area contributed by atoms with Crippen molar-refractivity contribution in [2.45, 2.75) is 129 Å². The molecule has 0 saturated carbocycles. The Bertz CT molecular complexity index is 2730. The summed E-state index contributed by atoms with van der Waals surface area (Å²) in [7, 11) is -29.1. The van der Waals surface area contributed by atoms with Crippen molar-refractivity contribution in [2.75, 3.05) is 13.2 Å². The fraction of sp³-hybridized carbons (Fsp3) is 0.958. The van der Waals surface area contributed by atoms with Gasteiger partial charge in [0.15, 0.2) is 85.8 Å². The van der Waals surface area contributed by atoms with Crippen LogP contribution in [-0.4, -0.2) is 248 Å². The van der Waals surface area contributed by atoms with Gasteiger partial charge in [-0.3, -0.25) is 39.5 Å². The van der Waals surface area contributed by atoms with Crippen LogP contribution in [0.5, 0.6) is 0 Å². The monoisotopic (exact) mass is 1610 g/mol. The van der Waals surface area contributed by atoms with Crippen LogP contribution in [0.3, 0.4) is 0 Å². The predicted molar refractivity (Wildman–Crippen MR) is 267 cm³/mol. The first kappa shape index (κ1) is 84.3. The van der Waals surface area contributed by atoms with Gasteiger partial charge in [-0.2, -0.15) is 42.1 Å². The highest BCUT2D eigenvalue weighted by Crippen LogP contribution is 2.43. The molecule has 4 aliphatic rings. The molecule has 4 aliphatic heterocycles. The van der Waals surface area contributed by atoms with Gasteiger partial charge < -0.3 is 38.3 Å². The van der Waals surface area contributed by atoms with E-state index in [1.54, 1.807) is 0 Å². The van der Waals surface area contributed by atoms with Gasteiger partial charge in [0.25, 0.3) is 0 Å². The van der Waals surface area contributed by atoms with Gasteiger partial charge in [0.2, 0.25) is 0 Å². The highest BCUT2D eigenvalue weighted by Gasteiger charge is 2.61. The average molecular weight is 1610 g/mol. The third-order valence-electron chi connectivity index (χ3n) is 10.6. The summed E-state index contributed by atoms with van der Waals surface area (Å²) in [6.07, 6.45) is -43.7. The Morgan fingerprint density at radius 2 is 0.793 bits per heavy atom. The summed E-state index contributed by atoms with van der Waals surface area (Å²) in [6.45, 7) is -2.31. The molecule has 0 spiro atoms. The summed E-state index contributed by atoms with van der Waals surface area (Å²) in [5.74, 6) is -2.33. The SMILES string of the molecule is C[C@H]1O[C@@H](SOOO)[C@H](O[C@H]2OC(COS(=O)(=O)O)[C@@H](O[C@@H]3OC(C(=O)O)[C@@H](O[C@H]4OC(COS(=O)(=O)O)[C@@H](OSOOO)[C@H](OSOOO)C4NSOOO)[C@@H](OSOOO)C3OS(=O)(=O)O)[C@H](OSOOO)C2NSOOO)C(OS(=O)(=O)O)C1OS(=O)(=O)O. The second-order valence-corrected chi connectivity index (χ2v) is 24.9. The van der Waals surface area contributed by atoms with E-state index in [1.165, 1.54) is 0 Å². The third-order valence-corrected chi connectivity index (χ3v) is 16.2. The number of aliphatic carboxylic acids is 1. The van der Waals surface area contributed by atoms with E-state index >= 15 is 0 Å². The van der Waals surface area contributed by atoms with Gasteiger partial charge in [-0.25, -0.2) is 72.0 Å². The van der Waals surface area contributed by atoms with Gasteiger partial charge >= 0.3 is 58.0 Å². The van der Waals surface area contributed by atoms with Gasteiger partial charge in [-0.15, -0.1) is 30.3 Å². The third kappa shape index (κ3) is 28.9. The molecule has 544 valence electrons. The van der Waals surface area contributed by atoms with Gasteiger partial charge in [0.05, 0.1) is 31.4 Å². The first-order chi connectivity index (χ1) is 43.2. The Morgan fingerprint density at radius 3 is 1.22 bits per heavy atom. The second kappa shape index (κ2) is 41.0. The van der Waals surface area contributed by atoms with Crippen LogP contribution in [0.2, 0.25) is 0 Å². The predicted octanol–water partition coefficient (Wildman–Crippen LogP) is -3.22. The molecule has 8 unspecified atom stereocenters. The van der Waals surface area contributed by atoms with Crippen LogP contribution in [0.15, 0.2) is 0 Å². The Labute approximate surface area is 540 Å². The molecule has 4 heterocycles. The minimum absolute atomic E-state index is 0.182. The number of carboxylic acids is 1. The molecule has 15 N–H and O–H groups in total. The smallest absolute Gasteiger partial charge is 0.397 e. The molecule has 0 aromatic carbocycles. The molecule has 0 aromatic heterocycles. The fourth-order valence-electron chi connectivity index (χ4n) is 7.71. The van der Waals surface area contributed by atoms with Crippen LogP contribution in [0.25, 0.3) is 0 Å². The molecule has 0 aromatic rings. The zero-order valence-electron chi connectivity index (χ0n) is 42.9. The molecular formula is C24H42N2O54S12. The average Bonchev–Trinajstić information content (AvgIpc) is 0.768. The first-order valence-corrected chi connectivity index (χ1v) is 33.7. The van der Waals surface area contributed by atoms with Crippen molar-refractivity contribution < 1.29 is 248 Å². The van der Waals surface area contributed by atoms with E-state index in [9.17, 15) is 74.8 Å². The van der Waals surface area contributed by atoms with E-state index in [0.717, 1.165) is 6.92 Å². The molecule has 56 nitrogen and oxygen atoms in total. The lowest BCUT2D eigenvalue weighted by molar-refractivity contribution is -0.436. The van der Waals surface area contributed by atoms with Crippen molar-refractivity contribution >= 4 is 144 Å². The van der Waals surface area contributed by atoms with Crippen molar-refractivity contribution in [3.8, 4) is 0 Å². The largest absolute Gasteiger partial charge is 0.479 e. The summed E-state index contributed by atoms with van der Waals surface area (Å²) in [5.41, 5.74) is -2.15. The summed E-state index contributed by atoms with van der Waals surface area (Å²) in [6, 6.07) is -4.48.